The average Bonchev–Trinajstić information content (AvgIpc) is 2.26. The number of amides is 1. The van der Waals surface area contributed by atoms with Gasteiger partial charge in [-0.3, -0.25) is 4.79 Å². The van der Waals surface area contributed by atoms with Gasteiger partial charge in [-0.05, 0) is 51.0 Å². The second-order valence-electron chi connectivity index (χ2n) is 5.79. The van der Waals surface area contributed by atoms with Crippen LogP contribution in [0.5, 0.6) is 0 Å². The van der Waals surface area contributed by atoms with Crippen molar-refractivity contribution in [1.29, 1.82) is 0 Å². The summed E-state index contributed by atoms with van der Waals surface area (Å²) in [5.41, 5.74) is 0. The van der Waals surface area contributed by atoms with Crippen molar-refractivity contribution in [1.82, 2.24) is 10.6 Å². The minimum absolute atomic E-state index is 0.0521. The fourth-order valence-corrected chi connectivity index (χ4v) is 2.95. The van der Waals surface area contributed by atoms with E-state index in [1.165, 1.54) is 32.1 Å². The van der Waals surface area contributed by atoms with E-state index in [9.17, 15) is 4.79 Å². The van der Waals surface area contributed by atoms with Crippen LogP contribution in [0.1, 0.15) is 52.4 Å². The van der Waals surface area contributed by atoms with Gasteiger partial charge in [0, 0.05) is 6.04 Å². The maximum atomic E-state index is 12.1. The molecule has 1 aliphatic carbocycles. The summed E-state index contributed by atoms with van der Waals surface area (Å²) in [5.74, 6) is 1.68. The molecule has 2 N–H and O–H groups in total. The largest absolute Gasteiger partial charge is 0.352 e. The first kappa shape index (κ1) is 12.9. The number of nitrogens with one attached hydrogen (secondary N) is 2. The Morgan fingerprint density at radius 2 is 2.18 bits per heavy atom. The highest BCUT2D eigenvalue weighted by Gasteiger charge is 2.29. The van der Waals surface area contributed by atoms with Gasteiger partial charge in [0.2, 0.25) is 5.91 Å². The molecule has 1 saturated carbocycles. The van der Waals surface area contributed by atoms with Crippen molar-refractivity contribution >= 4 is 5.91 Å². The molecule has 3 nitrogen and oxygen atoms in total. The average molecular weight is 238 g/mol. The molecule has 0 spiro atoms. The Labute approximate surface area is 105 Å². The quantitative estimate of drug-likeness (QED) is 0.787. The molecule has 1 heterocycles. The molecule has 1 amide bonds. The number of carbonyl (C=O) groups excluding carboxylic acids is 1. The molecular weight excluding hydrogens is 212 g/mol. The van der Waals surface area contributed by atoms with Crippen LogP contribution < -0.4 is 10.6 Å². The van der Waals surface area contributed by atoms with E-state index in [2.05, 4.69) is 24.5 Å². The molecule has 0 aromatic carbocycles. The normalized spacial score (nSPS) is 31.6. The van der Waals surface area contributed by atoms with Gasteiger partial charge in [0.15, 0.2) is 0 Å². The first-order chi connectivity index (χ1) is 8.20. The van der Waals surface area contributed by atoms with Crippen LogP contribution in [0, 0.1) is 11.8 Å². The van der Waals surface area contributed by atoms with E-state index in [0.717, 1.165) is 24.8 Å². The molecule has 2 rings (SSSR count). The molecule has 0 aromatic rings. The Morgan fingerprint density at radius 1 is 1.41 bits per heavy atom. The lowest BCUT2D eigenvalue weighted by atomic mass is 9.80. The zero-order valence-corrected chi connectivity index (χ0v) is 11.2. The molecule has 3 heteroatoms. The third kappa shape index (κ3) is 3.21. The molecule has 98 valence electrons. The van der Waals surface area contributed by atoms with E-state index < -0.39 is 0 Å². The highest BCUT2D eigenvalue weighted by atomic mass is 16.2. The summed E-state index contributed by atoms with van der Waals surface area (Å²) in [4.78, 5) is 12.1. The summed E-state index contributed by atoms with van der Waals surface area (Å²) in [6, 6.07) is 0.413. The lowest BCUT2D eigenvalue weighted by molar-refractivity contribution is -0.125. The van der Waals surface area contributed by atoms with E-state index in [4.69, 9.17) is 0 Å². The van der Waals surface area contributed by atoms with Crippen molar-refractivity contribution in [2.75, 3.05) is 6.54 Å². The molecule has 0 radical (unpaired) electrons. The second-order valence-corrected chi connectivity index (χ2v) is 5.79. The monoisotopic (exact) mass is 238 g/mol. The van der Waals surface area contributed by atoms with Crippen LogP contribution in [-0.2, 0) is 4.79 Å². The van der Waals surface area contributed by atoms with E-state index in [0.29, 0.717) is 6.04 Å². The van der Waals surface area contributed by atoms with Crippen molar-refractivity contribution in [3.63, 3.8) is 0 Å². The highest BCUT2D eigenvalue weighted by molar-refractivity contribution is 5.82. The van der Waals surface area contributed by atoms with Gasteiger partial charge in [-0.2, -0.15) is 0 Å². The first-order valence-corrected chi connectivity index (χ1v) is 7.24. The third-order valence-corrected chi connectivity index (χ3v) is 4.63. The van der Waals surface area contributed by atoms with Gasteiger partial charge in [0.05, 0.1) is 6.04 Å². The number of carbonyl (C=O) groups is 1. The Morgan fingerprint density at radius 3 is 2.76 bits per heavy atom. The summed E-state index contributed by atoms with van der Waals surface area (Å²) in [6.07, 6.45) is 7.35. The molecule has 17 heavy (non-hydrogen) atoms. The summed E-state index contributed by atoms with van der Waals surface area (Å²) in [7, 11) is 0. The standard InChI is InChI=1S/C14H26N2O/c1-3-11-7-8-15-13(9-11)14(17)16-10(2)12-5-4-6-12/h10-13,15H,3-9H2,1-2H3,(H,16,17). The molecular formula is C14H26N2O. The van der Waals surface area contributed by atoms with E-state index in [1.807, 2.05) is 0 Å². The number of piperidine rings is 1. The lowest BCUT2D eigenvalue weighted by Crippen LogP contribution is -2.52. The SMILES string of the molecule is CCC1CCNC(C(=O)NC(C)C2CCC2)C1. The first-order valence-electron chi connectivity index (χ1n) is 7.24. The predicted octanol–water partition coefficient (Wildman–Crippen LogP) is 2.07. The van der Waals surface area contributed by atoms with Crippen LogP contribution >= 0.6 is 0 Å². The Kier molecular flexibility index (Phi) is 4.43. The predicted molar refractivity (Wildman–Crippen MR) is 69.8 cm³/mol. The van der Waals surface area contributed by atoms with Gasteiger partial charge in [0.1, 0.15) is 0 Å². The number of rotatable bonds is 4. The maximum Gasteiger partial charge on any atom is 0.237 e. The fourth-order valence-electron chi connectivity index (χ4n) is 2.95. The van der Waals surface area contributed by atoms with Gasteiger partial charge in [-0.25, -0.2) is 0 Å². The van der Waals surface area contributed by atoms with Crippen LogP contribution in [0.15, 0.2) is 0 Å². The lowest BCUT2D eigenvalue weighted by Gasteiger charge is -2.34. The molecule has 0 aromatic heterocycles. The number of hydrogen-bond acceptors (Lipinski definition) is 2. The van der Waals surface area contributed by atoms with E-state index in [1.54, 1.807) is 0 Å². The van der Waals surface area contributed by atoms with Crippen LogP contribution in [0.2, 0.25) is 0 Å². The molecule has 2 fully saturated rings. The van der Waals surface area contributed by atoms with Gasteiger partial charge in [-0.15, -0.1) is 0 Å². The van der Waals surface area contributed by atoms with E-state index in [-0.39, 0.29) is 11.9 Å². The third-order valence-electron chi connectivity index (χ3n) is 4.63. The van der Waals surface area contributed by atoms with Gasteiger partial charge in [-0.1, -0.05) is 19.8 Å². The zero-order valence-electron chi connectivity index (χ0n) is 11.2. The van der Waals surface area contributed by atoms with Crippen molar-refractivity contribution in [2.45, 2.75) is 64.5 Å². The van der Waals surface area contributed by atoms with Crippen LogP contribution in [0.3, 0.4) is 0 Å². The van der Waals surface area contributed by atoms with Crippen LogP contribution in [-0.4, -0.2) is 24.5 Å². The minimum atomic E-state index is 0.0521. The summed E-state index contributed by atoms with van der Waals surface area (Å²) >= 11 is 0. The van der Waals surface area contributed by atoms with Crippen molar-refractivity contribution < 1.29 is 4.79 Å². The van der Waals surface area contributed by atoms with Crippen molar-refractivity contribution in [3.8, 4) is 0 Å². The summed E-state index contributed by atoms with van der Waals surface area (Å²) in [5, 5.41) is 6.55. The second kappa shape index (κ2) is 5.85. The molecule has 1 saturated heterocycles. The fraction of sp³-hybridized carbons (Fsp3) is 0.929. The van der Waals surface area contributed by atoms with E-state index >= 15 is 0 Å². The number of hydrogen-bond donors (Lipinski definition) is 2. The minimum Gasteiger partial charge on any atom is -0.352 e. The molecule has 3 atom stereocenters. The topological polar surface area (TPSA) is 41.1 Å². The maximum absolute atomic E-state index is 12.1. The smallest absolute Gasteiger partial charge is 0.237 e. The Balaban J connectivity index is 1.78. The summed E-state index contributed by atoms with van der Waals surface area (Å²) < 4.78 is 0. The van der Waals surface area contributed by atoms with Crippen LogP contribution in [0.4, 0.5) is 0 Å². The van der Waals surface area contributed by atoms with Gasteiger partial charge in [0.25, 0.3) is 0 Å². The summed E-state index contributed by atoms with van der Waals surface area (Å²) in [6.45, 7) is 5.37. The van der Waals surface area contributed by atoms with Crippen molar-refractivity contribution in [3.05, 3.63) is 0 Å². The van der Waals surface area contributed by atoms with Crippen molar-refractivity contribution in [2.24, 2.45) is 11.8 Å². The molecule has 1 aliphatic heterocycles. The van der Waals surface area contributed by atoms with Crippen LogP contribution in [0.25, 0.3) is 0 Å². The zero-order chi connectivity index (χ0) is 12.3. The Hall–Kier alpha value is -0.570. The van der Waals surface area contributed by atoms with Gasteiger partial charge < -0.3 is 10.6 Å². The molecule has 3 unspecified atom stereocenters. The molecule has 0 bridgehead atoms. The van der Waals surface area contributed by atoms with Gasteiger partial charge >= 0.3 is 0 Å². The highest BCUT2D eigenvalue weighted by Crippen LogP contribution is 2.29. The molecule has 2 aliphatic rings. The Bertz CT molecular complexity index is 263.